The largest absolute Gasteiger partial charge is 0.493 e. The SMILES string of the molecule is COc1ccc(CNC(=O)Cn2cc(-c3ccccc3OC(F)F)nn2)cc1OC. The first kappa shape index (κ1) is 21.0. The molecule has 0 unspecified atom stereocenters. The van der Waals surface area contributed by atoms with E-state index >= 15 is 0 Å². The molecule has 0 saturated carbocycles. The maximum Gasteiger partial charge on any atom is 0.387 e. The van der Waals surface area contributed by atoms with E-state index in [-0.39, 0.29) is 24.7 Å². The zero-order chi connectivity index (χ0) is 21.5. The van der Waals surface area contributed by atoms with Crippen molar-refractivity contribution in [2.24, 2.45) is 0 Å². The van der Waals surface area contributed by atoms with E-state index in [0.717, 1.165) is 5.56 Å². The van der Waals surface area contributed by atoms with Crippen molar-refractivity contribution < 1.29 is 27.8 Å². The van der Waals surface area contributed by atoms with Crippen LogP contribution in [-0.2, 0) is 17.9 Å². The maximum atomic E-state index is 12.6. The Kier molecular flexibility index (Phi) is 6.79. The number of amides is 1. The highest BCUT2D eigenvalue weighted by atomic mass is 19.3. The van der Waals surface area contributed by atoms with E-state index < -0.39 is 6.61 Å². The third-order valence-electron chi connectivity index (χ3n) is 4.16. The first-order valence-electron chi connectivity index (χ1n) is 8.92. The zero-order valence-corrected chi connectivity index (χ0v) is 16.3. The van der Waals surface area contributed by atoms with E-state index in [1.807, 2.05) is 6.07 Å². The Morgan fingerprint density at radius 2 is 1.87 bits per heavy atom. The van der Waals surface area contributed by atoms with Crippen molar-refractivity contribution in [2.75, 3.05) is 14.2 Å². The molecule has 10 heteroatoms. The van der Waals surface area contributed by atoms with Gasteiger partial charge in [-0.3, -0.25) is 4.79 Å². The first-order chi connectivity index (χ1) is 14.5. The minimum atomic E-state index is -2.96. The highest BCUT2D eigenvalue weighted by molar-refractivity contribution is 5.76. The minimum absolute atomic E-state index is 0.0162. The lowest BCUT2D eigenvalue weighted by atomic mass is 10.1. The number of halogens is 2. The van der Waals surface area contributed by atoms with Gasteiger partial charge in [-0.15, -0.1) is 5.10 Å². The van der Waals surface area contributed by atoms with Crippen LogP contribution in [-0.4, -0.2) is 41.7 Å². The highest BCUT2D eigenvalue weighted by Crippen LogP contribution is 2.29. The zero-order valence-electron chi connectivity index (χ0n) is 16.3. The Morgan fingerprint density at radius 3 is 2.60 bits per heavy atom. The molecule has 0 saturated heterocycles. The summed E-state index contributed by atoms with van der Waals surface area (Å²) < 4.78 is 41.4. The van der Waals surface area contributed by atoms with Gasteiger partial charge in [-0.25, -0.2) is 4.68 Å². The van der Waals surface area contributed by atoms with Gasteiger partial charge in [0, 0.05) is 12.1 Å². The van der Waals surface area contributed by atoms with Gasteiger partial charge >= 0.3 is 6.61 Å². The van der Waals surface area contributed by atoms with Crippen molar-refractivity contribution in [3.8, 4) is 28.5 Å². The smallest absolute Gasteiger partial charge is 0.387 e. The third kappa shape index (κ3) is 5.22. The molecule has 0 atom stereocenters. The van der Waals surface area contributed by atoms with Gasteiger partial charge < -0.3 is 19.5 Å². The molecule has 0 spiro atoms. The molecule has 1 amide bonds. The molecule has 1 N–H and O–H groups in total. The lowest BCUT2D eigenvalue weighted by Crippen LogP contribution is -2.27. The van der Waals surface area contributed by atoms with Gasteiger partial charge in [0.2, 0.25) is 5.91 Å². The molecule has 1 heterocycles. The molecule has 30 heavy (non-hydrogen) atoms. The summed E-state index contributed by atoms with van der Waals surface area (Å²) in [6.45, 7) is -2.76. The van der Waals surface area contributed by atoms with E-state index in [1.54, 1.807) is 37.4 Å². The summed E-state index contributed by atoms with van der Waals surface area (Å²) in [5.41, 5.74) is 1.51. The van der Waals surface area contributed by atoms with E-state index in [9.17, 15) is 13.6 Å². The van der Waals surface area contributed by atoms with Gasteiger partial charge in [0.05, 0.1) is 20.4 Å². The number of carbonyl (C=O) groups is 1. The highest BCUT2D eigenvalue weighted by Gasteiger charge is 2.14. The van der Waals surface area contributed by atoms with Gasteiger partial charge in [-0.05, 0) is 29.8 Å². The maximum absolute atomic E-state index is 12.6. The molecule has 8 nitrogen and oxygen atoms in total. The number of carbonyl (C=O) groups excluding carboxylic acids is 1. The second kappa shape index (κ2) is 9.68. The van der Waals surface area contributed by atoms with Crippen LogP contribution >= 0.6 is 0 Å². The van der Waals surface area contributed by atoms with Crippen LogP contribution in [0.3, 0.4) is 0 Å². The van der Waals surface area contributed by atoms with Crippen molar-refractivity contribution in [3.63, 3.8) is 0 Å². The van der Waals surface area contributed by atoms with E-state index in [1.165, 1.54) is 24.1 Å². The fraction of sp³-hybridized carbons (Fsp3) is 0.250. The number of ether oxygens (including phenoxy) is 3. The number of benzene rings is 2. The van der Waals surface area contributed by atoms with Crippen molar-refractivity contribution in [2.45, 2.75) is 19.7 Å². The second-order valence-electron chi connectivity index (χ2n) is 6.14. The fourth-order valence-electron chi connectivity index (χ4n) is 2.77. The van der Waals surface area contributed by atoms with Crippen molar-refractivity contribution in [3.05, 3.63) is 54.2 Å². The van der Waals surface area contributed by atoms with Crippen LogP contribution in [0.2, 0.25) is 0 Å². The number of hydrogen-bond acceptors (Lipinski definition) is 6. The minimum Gasteiger partial charge on any atom is -0.493 e. The molecule has 0 fully saturated rings. The fourth-order valence-corrected chi connectivity index (χ4v) is 2.77. The van der Waals surface area contributed by atoms with Crippen LogP contribution in [0.4, 0.5) is 8.78 Å². The summed E-state index contributed by atoms with van der Waals surface area (Å²) in [5, 5.41) is 10.6. The standard InChI is InChI=1S/C20H20F2N4O4/c1-28-17-8-7-13(9-18(17)29-2)10-23-19(27)12-26-11-15(24-25-26)14-5-3-4-6-16(14)30-20(21)22/h3-9,11,20H,10,12H2,1-2H3,(H,23,27). The van der Waals surface area contributed by atoms with E-state index in [4.69, 9.17) is 9.47 Å². The molecule has 158 valence electrons. The normalized spacial score (nSPS) is 10.7. The summed E-state index contributed by atoms with van der Waals surface area (Å²) in [7, 11) is 3.08. The Bertz CT molecular complexity index is 1010. The lowest BCUT2D eigenvalue weighted by molar-refractivity contribution is -0.122. The quantitative estimate of drug-likeness (QED) is 0.575. The molecule has 0 aliphatic carbocycles. The summed E-state index contributed by atoms with van der Waals surface area (Å²) in [6.07, 6.45) is 1.49. The number of alkyl halides is 2. The van der Waals surface area contributed by atoms with Crippen molar-refractivity contribution >= 4 is 5.91 Å². The van der Waals surface area contributed by atoms with Gasteiger partial charge in [0.25, 0.3) is 0 Å². The van der Waals surface area contributed by atoms with Crippen LogP contribution in [0.15, 0.2) is 48.7 Å². The summed E-state index contributed by atoms with van der Waals surface area (Å²) >= 11 is 0. The molecule has 0 radical (unpaired) electrons. The number of aromatic nitrogens is 3. The average molecular weight is 418 g/mol. The number of rotatable bonds is 9. The van der Waals surface area contributed by atoms with Crippen LogP contribution in [0.5, 0.6) is 17.2 Å². The molecule has 0 aliphatic rings. The molecule has 2 aromatic carbocycles. The third-order valence-corrected chi connectivity index (χ3v) is 4.16. The average Bonchev–Trinajstić information content (AvgIpc) is 3.20. The van der Waals surface area contributed by atoms with E-state index in [0.29, 0.717) is 22.8 Å². The Hall–Kier alpha value is -3.69. The molecular formula is C20H20F2N4O4. The summed E-state index contributed by atoms with van der Waals surface area (Å²) in [5.74, 6) is 0.851. The van der Waals surface area contributed by atoms with Crippen LogP contribution in [0, 0.1) is 0 Å². The predicted molar refractivity (Wildman–Crippen MR) is 103 cm³/mol. The second-order valence-corrected chi connectivity index (χ2v) is 6.14. The number of para-hydroxylation sites is 1. The Balaban J connectivity index is 1.62. The molecule has 0 bridgehead atoms. The van der Waals surface area contributed by atoms with Crippen LogP contribution in [0.25, 0.3) is 11.3 Å². The predicted octanol–water partition coefficient (Wildman–Crippen LogP) is 2.88. The molecule has 3 rings (SSSR count). The van der Waals surface area contributed by atoms with Crippen LogP contribution < -0.4 is 19.5 Å². The van der Waals surface area contributed by atoms with Gasteiger partial charge in [-0.2, -0.15) is 8.78 Å². The van der Waals surface area contributed by atoms with E-state index in [2.05, 4.69) is 20.4 Å². The monoisotopic (exact) mass is 418 g/mol. The first-order valence-corrected chi connectivity index (χ1v) is 8.92. The number of hydrogen-bond donors (Lipinski definition) is 1. The van der Waals surface area contributed by atoms with Gasteiger partial charge in [0.15, 0.2) is 11.5 Å². The van der Waals surface area contributed by atoms with Crippen LogP contribution in [0.1, 0.15) is 5.56 Å². The molecule has 1 aromatic heterocycles. The molecule has 3 aromatic rings. The topological polar surface area (TPSA) is 87.5 Å². The summed E-state index contributed by atoms with van der Waals surface area (Å²) in [4.78, 5) is 12.2. The molecular weight excluding hydrogens is 398 g/mol. The van der Waals surface area contributed by atoms with Gasteiger partial charge in [-0.1, -0.05) is 23.4 Å². The number of nitrogens with zero attached hydrogens (tertiary/aromatic N) is 3. The number of methoxy groups -OCH3 is 2. The Labute approximate surface area is 171 Å². The molecule has 0 aliphatic heterocycles. The van der Waals surface area contributed by atoms with Crippen molar-refractivity contribution in [1.29, 1.82) is 0 Å². The lowest BCUT2D eigenvalue weighted by Gasteiger charge is -2.10. The van der Waals surface area contributed by atoms with Crippen molar-refractivity contribution in [1.82, 2.24) is 20.3 Å². The summed E-state index contributed by atoms with van der Waals surface area (Å²) in [6, 6.07) is 11.6. The number of nitrogens with one attached hydrogen (secondary N) is 1. The Morgan fingerprint density at radius 1 is 1.10 bits per heavy atom. The van der Waals surface area contributed by atoms with Gasteiger partial charge in [0.1, 0.15) is 18.0 Å².